The van der Waals surface area contributed by atoms with Gasteiger partial charge in [-0.3, -0.25) is 0 Å². The maximum absolute atomic E-state index is 6.93. The molecule has 0 unspecified atom stereocenters. The summed E-state index contributed by atoms with van der Waals surface area (Å²) in [6.07, 6.45) is 0. The lowest BCUT2D eigenvalue weighted by molar-refractivity contribution is 0.661. The van der Waals surface area contributed by atoms with Crippen molar-refractivity contribution >= 4 is 60.5 Å². The molecule has 2 nitrogen and oxygen atoms in total. The highest BCUT2D eigenvalue weighted by atomic mass is 16.3. The molecule has 11 rings (SSSR count). The Labute approximate surface area is 320 Å². The number of nitrogens with zero attached hydrogens (tertiary/aromatic N) is 1. The van der Waals surface area contributed by atoms with E-state index in [9.17, 15) is 0 Å². The fraction of sp³-hybridized carbons (Fsp3) is 0.0566. The number of furan rings is 1. The van der Waals surface area contributed by atoms with Crippen molar-refractivity contribution in [3.63, 3.8) is 0 Å². The normalized spacial score (nSPS) is 13.1. The number of hydrogen-bond acceptors (Lipinski definition) is 2. The molecular weight excluding hydrogens is 667 g/mol. The predicted molar refractivity (Wildman–Crippen MR) is 232 cm³/mol. The van der Waals surface area contributed by atoms with E-state index >= 15 is 0 Å². The number of fused-ring (bicyclic) bond motifs is 9. The molecule has 0 bridgehead atoms. The van der Waals surface area contributed by atoms with Crippen LogP contribution in [0.5, 0.6) is 0 Å². The highest BCUT2D eigenvalue weighted by Gasteiger charge is 2.39. The molecule has 2 heteroatoms. The summed E-state index contributed by atoms with van der Waals surface area (Å²) in [5.41, 5.74) is 14.9. The first-order valence-corrected chi connectivity index (χ1v) is 19.1. The summed E-state index contributed by atoms with van der Waals surface area (Å²) < 4.78 is 6.93. The van der Waals surface area contributed by atoms with E-state index in [1.54, 1.807) is 0 Å². The van der Waals surface area contributed by atoms with Crippen molar-refractivity contribution < 1.29 is 4.42 Å². The van der Waals surface area contributed by atoms with E-state index in [4.69, 9.17) is 4.42 Å². The van der Waals surface area contributed by atoms with Gasteiger partial charge in [-0.15, -0.1) is 0 Å². The van der Waals surface area contributed by atoms with Crippen molar-refractivity contribution in [3.05, 3.63) is 199 Å². The number of hydrogen-bond donors (Lipinski definition) is 0. The van der Waals surface area contributed by atoms with E-state index in [0.29, 0.717) is 0 Å². The molecule has 0 fully saturated rings. The van der Waals surface area contributed by atoms with Gasteiger partial charge < -0.3 is 9.32 Å². The molecule has 0 N–H and O–H groups in total. The Morgan fingerprint density at radius 3 is 1.80 bits per heavy atom. The van der Waals surface area contributed by atoms with Crippen LogP contribution in [0.15, 0.2) is 192 Å². The maximum Gasteiger partial charge on any atom is 0.143 e. The van der Waals surface area contributed by atoms with Gasteiger partial charge in [0.25, 0.3) is 0 Å². The van der Waals surface area contributed by atoms with E-state index in [1.165, 1.54) is 55.2 Å². The molecule has 10 aromatic rings. The second-order valence-corrected chi connectivity index (χ2v) is 15.2. The quantitative estimate of drug-likeness (QED) is 0.177. The van der Waals surface area contributed by atoms with E-state index in [2.05, 4.69) is 207 Å². The summed E-state index contributed by atoms with van der Waals surface area (Å²) in [4.78, 5) is 2.48. The monoisotopic (exact) mass is 703 g/mol. The molecular formula is C53H37NO. The third-order valence-corrected chi connectivity index (χ3v) is 11.8. The molecule has 0 radical (unpaired) electrons. The summed E-state index contributed by atoms with van der Waals surface area (Å²) >= 11 is 0. The SMILES string of the molecule is CC1(C)c2ccccc2-c2cccc(N(c3ccc(-c4cccc5ccccc45)cc3)c3ccccc3-c3cccc4c3oc3c5ccccc5ccc43)c21. The van der Waals surface area contributed by atoms with Gasteiger partial charge in [0.15, 0.2) is 0 Å². The van der Waals surface area contributed by atoms with Gasteiger partial charge in [-0.2, -0.15) is 0 Å². The molecule has 0 spiro atoms. The van der Waals surface area contributed by atoms with Crippen LogP contribution in [0, 0.1) is 0 Å². The first-order chi connectivity index (χ1) is 27.1. The summed E-state index contributed by atoms with van der Waals surface area (Å²) in [6.45, 7) is 4.74. The zero-order valence-corrected chi connectivity index (χ0v) is 30.8. The van der Waals surface area contributed by atoms with Crippen molar-refractivity contribution in [2.45, 2.75) is 19.3 Å². The van der Waals surface area contributed by atoms with Crippen molar-refractivity contribution in [3.8, 4) is 33.4 Å². The molecule has 260 valence electrons. The molecule has 9 aromatic carbocycles. The van der Waals surface area contributed by atoms with Gasteiger partial charge in [-0.05, 0) is 79.9 Å². The Hall–Kier alpha value is -6.90. The standard InChI is InChI=1S/C53H37NO/c1-53(2)47-25-9-7-19-41(47)43-22-13-27-49(50(43)53)54(37-31-28-36(29-32-37)39-21-11-16-34-14-3-5-17-38(34)39)48-26-10-8-20-42(48)44-23-12-24-45-46-33-30-35-15-4-6-18-40(35)51(46)55-52(44)45/h3-33H,1-2H3. The zero-order chi connectivity index (χ0) is 36.7. The van der Waals surface area contributed by atoms with Crippen LogP contribution < -0.4 is 4.90 Å². The minimum Gasteiger partial charge on any atom is -0.455 e. The van der Waals surface area contributed by atoms with Gasteiger partial charge in [0, 0.05) is 38.4 Å². The van der Waals surface area contributed by atoms with Crippen molar-refractivity contribution in [2.24, 2.45) is 0 Å². The number of benzene rings is 9. The van der Waals surface area contributed by atoms with Crippen molar-refractivity contribution in [1.82, 2.24) is 0 Å². The van der Waals surface area contributed by atoms with Gasteiger partial charge in [-0.1, -0.05) is 172 Å². The van der Waals surface area contributed by atoms with E-state index in [0.717, 1.165) is 49.8 Å². The van der Waals surface area contributed by atoms with Gasteiger partial charge in [-0.25, -0.2) is 0 Å². The van der Waals surface area contributed by atoms with Crippen LogP contribution in [0.2, 0.25) is 0 Å². The van der Waals surface area contributed by atoms with Crippen LogP contribution >= 0.6 is 0 Å². The van der Waals surface area contributed by atoms with Crippen LogP contribution in [0.1, 0.15) is 25.0 Å². The van der Waals surface area contributed by atoms with Gasteiger partial charge in [0.1, 0.15) is 11.2 Å². The summed E-state index contributed by atoms with van der Waals surface area (Å²) in [6, 6.07) is 68.3. The third-order valence-electron chi connectivity index (χ3n) is 11.8. The number of para-hydroxylation sites is 2. The highest BCUT2D eigenvalue weighted by Crippen LogP contribution is 2.55. The maximum atomic E-state index is 6.93. The molecule has 0 amide bonds. The first-order valence-electron chi connectivity index (χ1n) is 19.1. The smallest absolute Gasteiger partial charge is 0.143 e. The van der Waals surface area contributed by atoms with Crippen LogP contribution in [-0.4, -0.2) is 0 Å². The summed E-state index contributed by atoms with van der Waals surface area (Å²) in [5, 5.41) is 7.06. The second kappa shape index (κ2) is 12.1. The van der Waals surface area contributed by atoms with Crippen LogP contribution in [-0.2, 0) is 5.41 Å². The van der Waals surface area contributed by atoms with Crippen LogP contribution in [0.3, 0.4) is 0 Å². The lowest BCUT2D eigenvalue weighted by Crippen LogP contribution is -2.21. The molecule has 1 aliphatic carbocycles. The minimum atomic E-state index is -0.210. The summed E-state index contributed by atoms with van der Waals surface area (Å²) in [5.74, 6) is 0. The Morgan fingerprint density at radius 1 is 0.382 bits per heavy atom. The Kier molecular flexibility index (Phi) is 6.93. The minimum absolute atomic E-state index is 0.210. The molecule has 0 saturated carbocycles. The molecule has 0 atom stereocenters. The molecule has 0 saturated heterocycles. The first kappa shape index (κ1) is 31.6. The number of anilines is 3. The van der Waals surface area contributed by atoms with Crippen molar-refractivity contribution in [2.75, 3.05) is 4.90 Å². The Morgan fingerprint density at radius 2 is 0.945 bits per heavy atom. The molecule has 0 aliphatic heterocycles. The van der Waals surface area contributed by atoms with E-state index in [1.807, 2.05) is 0 Å². The highest BCUT2D eigenvalue weighted by molar-refractivity contribution is 6.17. The zero-order valence-electron chi connectivity index (χ0n) is 30.8. The van der Waals surface area contributed by atoms with Gasteiger partial charge in [0.2, 0.25) is 0 Å². The largest absolute Gasteiger partial charge is 0.455 e. The molecule has 1 heterocycles. The molecule has 1 aromatic heterocycles. The number of rotatable bonds is 5. The topological polar surface area (TPSA) is 16.4 Å². The fourth-order valence-corrected chi connectivity index (χ4v) is 9.32. The molecule has 55 heavy (non-hydrogen) atoms. The lowest BCUT2D eigenvalue weighted by atomic mass is 9.81. The average Bonchev–Trinajstić information content (AvgIpc) is 3.74. The molecule has 1 aliphatic rings. The van der Waals surface area contributed by atoms with Crippen molar-refractivity contribution in [1.29, 1.82) is 0 Å². The van der Waals surface area contributed by atoms with Gasteiger partial charge >= 0.3 is 0 Å². The van der Waals surface area contributed by atoms with E-state index in [-0.39, 0.29) is 5.41 Å². The Bertz CT molecular complexity index is 3120. The summed E-state index contributed by atoms with van der Waals surface area (Å²) in [7, 11) is 0. The van der Waals surface area contributed by atoms with Gasteiger partial charge in [0.05, 0.1) is 11.4 Å². The Balaban J connectivity index is 1.15. The fourth-order valence-electron chi connectivity index (χ4n) is 9.32. The second-order valence-electron chi connectivity index (χ2n) is 15.2. The van der Waals surface area contributed by atoms with Crippen LogP contribution in [0.25, 0.3) is 76.9 Å². The average molecular weight is 704 g/mol. The van der Waals surface area contributed by atoms with Crippen LogP contribution in [0.4, 0.5) is 17.1 Å². The lowest BCUT2D eigenvalue weighted by Gasteiger charge is -2.33. The predicted octanol–water partition coefficient (Wildman–Crippen LogP) is 15.0. The van der Waals surface area contributed by atoms with E-state index < -0.39 is 0 Å². The third kappa shape index (κ3) is 4.74.